The number of nitrogens with zero attached hydrogens (tertiary/aromatic N) is 1. The van der Waals surface area contributed by atoms with Gasteiger partial charge in [0, 0.05) is 11.3 Å². The summed E-state index contributed by atoms with van der Waals surface area (Å²) in [4.78, 5) is 33.7. The molecule has 0 unspecified atom stereocenters. The lowest BCUT2D eigenvalue weighted by Gasteiger charge is -2.48. The number of hydrogen-bond acceptors (Lipinski definition) is 4. The highest BCUT2D eigenvalue weighted by atomic mass is 31.2. The van der Waals surface area contributed by atoms with Gasteiger partial charge in [0.2, 0.25) is 5.91 Å². The van der Waals surface area contributed by atoms with Gasteiger partial charge in [-0.3, -0.25) is 9.36 Å². The molecule has 9 heteroatoms. The molecule has 4 aromatic carbocycles. The van der Waals surface area contributed by atoms with Crippen molar-refractivity contribution >= 4 is 24.5 Å². The minimum absolute atomic E-state index is 0.0395. The lowest BCUT2D eigenvalue weighted by atomic mass is 9.78. The fourth-order valence-corrected chi connectivity index (χ4v) is 5.66. The Morgan fingerprint density at radius 1 is 0.897 bits per heavy atom. The number of benzene rings is 4. The molecule has 1 saturated heterocycles. The number of anilines is 1. The Kier molecular flexibility index (Phi) is 7.38. The smallest absolute Gasteiger partial charge is 0.356 e. The number of hydrogen-bond donors (Lipinski definition) is 4. The third kappa shape index (κ3) is 5.51. The van der Waals surface area contributed by atoms with Crippen LogP contribution in [-0.4, -0.2) is 25.9 Å². The molecule has 0 aromatic heterocycles. The van der Waals surface area contributed by atoms with E-state index in [1.807, 2.05) is 36.4 Å². The molecular formula is C30H27FNO6P. The number of aromatic hydroxyl groups is 1. The molecule has 1 fully saturated rings. The lowest BCUT2D eigenvalue weighted by Crippen LogP contribution is -2.55. The summed E-state index contributed by atoms with van der Waals surface area (Å²) < 4.78 is 25.1. The fraction of sp³-hybridized carbons (Fsp3) is 0.167. The number of halogens is 1. The Hall–Kier alpha value is -3.81. The highest BCUT2D eigenvalue weighted by Crippen LogP contribution is 2.47. The normalized spacial score (nSPS) is 18.1. The number of amides is 1. The van der Waals surface area contributed by atoms with Gasteiger partial charge in [0.15, 0.2) is 0 Å². The number of phenols is 1. The number of aliphatic hydroxyl groups excluding tert-OH is 1. The third-order valence-electron chi connectivity index (χ3n) is 7.11. The van der Waals surface area contributed by atoms with Crippen molar-refractivity contribution < 1.29 is 33.7 Å². The first kappa shape index (κ1) is 26.8. The molecule has 1 aliphatic heterocycles. The number of carbonyl (C=O) groups is 1. The average molecular weight is 548 g/mol. The van der Waals surface area contributed by atoms with Gasteiger partial charge in [-0.2, -0.15) is 0 Å². The summed E-state index contributed by atoms with van der Waals surface area (Å²) in [6.07, 6.45) is -0.307. The molecule has 5 rings (SSSR count). The highest BCUT2D eigenvalue weighted by molar-refractivity contribution is 7.60. The fourth-order valence-electron chi connectivity index (χ4n) is 5.12. The van der Waals surface area contributed by atoms with E-state index in [2.05, 4.69) is 0 Å². The van der Waals surface area contributed by atoms with Crippen molar-refractivity contribution in [3.05, 3.63) is 114 Å². The van der Waals surface area contributed by atoms with E-state index >= 15 is 0 Å². The Morgan fingerprint density at radius 2 is 1.62 bits per heavy atom. The van der Waals surface area contributed by atoms with Gasteiger partial charge in [-0.15, -0.1) is 0 Å². The van der Waals surface area contributed by atoms with Crippen molar-refractivity contribution in [1.82, 2.24) is 0 Å². The summed E-state index contributed by atoms with van der Waals surface area (Å²) in [6.45, 7) is 0. The van der Waals surface area contributed by atoms with Crippen molar-refractivity contribution in [3.63, 3.8) is 0 Å². The Bertz CT molecular complexity index is 1540. The maximum absolute atomic E-state index is 13.6. The molecule has 0 radical (unpaired) electrons. The van der Waals surface area contributed by atoms with Crippen molar-refractivity contribution in [2.24, 2.45) is 5.92 Å². The van der Waals surface area contributed by atoms with Crippen LogP contribution in [0.5, 0.6) is 5.75 Å². The van der Waals surface area contributed by atoms with Crippen molar-refractivity contribution in [2.45, 2.75) is 25.0 Å². The average Bonchev–Trinajstić information content (AvgIpc) is 2.91. The van der Waals surface area contributed by atoms with E-state index in [1.165, 1.54) is 42.5 Å². The van der Waals surface area contributed by atoms with Gasteiger partial charge in [-0.05, 0) is 72.0 Å². The molecule has 4 aromatic rings. The van der Waals surface area contributed by atoms with Gasteiger partial charge in [0.25, 0.3) is 0 Å². The lowest BCUT2D eigenvalue weighted by molar-refractivity contribution is -0.131. The molecule has 0 saturated carbocycles. The molecule has 7 nitrogen and oxygen atoms in total. The molecule has 0 aliphatic carbocycles. The molecule has 0 bridgehead atoms. The summed E-state index contributed by atoms with van der Waals surface area (Å²) in [5.41, 5.74) is 2.93. The summed E-state index contributed by atoms with van der Waals surface area (Å²) in [5, 5.41) is 21.4. The van der Waals surface area contributed by atoms with E-state index in [4.69, 9.17) is 0 Å². The molecule has 3 atom stereocenters. The van der Waals surface area contributed by atoms with Crippen LogP contribution in [0.2, 0.25) is 0 Å². The SMILES string of the molecule is O=C1[C@H](CC[C@H](O)c2cccc(F)c2)[C@@H](c2ccc(-c3ccc(P(=O)(O)O)cc3)c(O)c2)N1c1ccccc1. The molecule has 1 heterocycles. The summed E-state index contributed by atoms with van der Waals surface area (Å²) in [7, 11) is -4.38. The summed E-state index contributed by atoms with van der Waals surface area (Å²) in [5.74, 6) is -1.04. The minimum atomic E-state index is -4.38. The number of aliphatic hydroxyl groups is 1. The second-order valence-corrected chi connectivity index (χ2v) is 11.2. The Morgan fingerprint density at radius 3 is 2.26 bits per heavy atom. The number of β-lactam (4-membered cyclic amide) rings is 1. The maximum atomic E-state index is 13.6. The predicted molar refractivity (Wildman–Crippen MR) is 146 cm³/mol. The van der Waals surface area contributed by atoms with Gasteiger partial charge >= 0.3 is 7.60 Å². The first-order valence-corrected chi connectivity index (χ1v) is 14.1. The molecule has 1 aliphatic rings. The van der Waals surface area contributed by atoms with Crippen LogP contribution in [0, 0.1) is 11.7 Å². The topological polar surface area (TPSA) is 118 Å². The highest BCUT2D eigenvalue weighted by Gasteiger charge is 2.48. The van der Waals surface area contributed by atoms with E-state index in [-0.39, 0.29) is 23.4 Å². The van der Waals surface area contributed by atoms with Crippen LogP contribution >= 0.6 is 7.60 Å². The minimum Gasteiger partial charge on any atom is -0.507 e. The zero-order valence-electron chi connectivity index (χ0n) is 20.8. The van der Waals surface area contributed by atoms with E-state index in [0.717, 1.165) is 0 Å². The van der Waals surface area contributed by atoms with Crippen LogP contribution in [0.1, 0.15) is 36.1 Å². The third-order valence-corrected chi connectivity index (χ3v) is 8.08. The van der Waals surface area contributed by atoms with Crippen LogP contribution < -0.4 is 10.2 Å². The summed E-state index contributed by atoms with van der Waals surface area (Å²) in [6, 6.07) is 25.4. The molecular weight excluding hydrogens is 520 g/mol. The van der Waals surface area contributed by atoms with E-state index < -0.39 is 31.5 Å². The second kappa shape index (κ2) is 10.8. The molecule has 39 heavy (non-hydrogen) atoms. The van der Waals surface area contributed by atoms with Crippen molar-refractivity contribution in [2.75, 3.05) is 4.90 Å². The quantitative estimate of drug-likeness (QED) is 0.178. The van der Waals surface area contributed by atoms with Gasteiger partial charge in [0.1, 0.15) is 11.6 Å². The maximum Gasteiger partial charge on any atom is 0.356 e. The van der Waals surface area contributed by atoms with E-state index in [0.29, 0.717) is 34.4 Å². The molecule has 1 amide bonds. The van der Waals surface area contributed by atoms with Crippen molar-refractivity contribution in [3.8, 4) is 16.9 Å². The van der Waals surface area contributed by atoms with E-state index in [1.54, 1.807) is 23.1 Å². The Balaban J connectivity index is 1.42. The number of rotatable bonds is 8. The zero-order chi connectivity index (χ0) is 27.7. The van der Waals surface area contributed by atoms with Crippen LogP contribution in [0.3, 0.4) is 0 Å². The zero-order valence-corrected chi connectivity index (χ0v) is 21.7. The van der Waals surface area contributed by atoms with Gasteiger partial charge in [-0.1, -0.05) is 54.6 Å². The van der Waals surface area contributed by atoms with Crippen LogP contribution in [0.4, 0.5) is 10.1 Å². The number of phenolic OH excluding ortho intramolecular Hbond substituents is 1. The largest absolute Gasteiger partial charge is 0.507 e. The molecule has 0 spiro atoms. The monoisotopic (exact) mass is 547 g/mol. The number of para-hydroxylation sites is 1. The molecule has 200 valence electrons. The molecule has 4 N–H and O–H groups in total. The first-order chi connectivity index (χ1) is 18.6. The van der Waals surface area contributed by atoms with Crippen LogP contribution in [-0.2, 0) is 9.36 Å². The second-order valence-electron chi connectivity index (χ2n) is 9.61. The number of carbonyl (C=O) groups excluding carboxylic acids is 1. The predicted octanol–water partition coefficient (Wildman–Crippen LogP) is 5.22. The van der Waals surface area contributed by atoms with Crippen LogP contribution in [0.15, 0.2) is 97.1 Å². The Labute approximate surface area is 225 Å². The van der Waals surface area contributed by atoms with Gasteiger partial charge in [0.05, 0.1) is 23.4 Å². The van der Waals surface area contributed by atoms with Gasteiger partial charge < -0.3 is 24.9 Å². The first-order valence-electron chi connectivity index (χ1n) is 12.4. The van der Waals surface area contributed by atoms with E-state index in [9.17, 15) is 33.7 Å². The van der Waals surface area contributed by atoms with Crippen LogP contribution in [0.25, 0.3) is 11.1 Å². The van der Waals surface area contributed by atoms with Gasteiger partial charge in [-0.25, -0.2) is 4.39 Å². The van der Waals surface area contributed by atoms with Crippen molar-refractivity contribution in [1.29, 1.82) is 0 Å². The standard InChI is InChI=1S/C30H27FNO6P/c31-22-6-4-5-20(17-22)27(33)16-15-26-29(32(30(26)35)23-7-2-1-3-8-23)21-11-14-25(28(34)18-21)19-9-12-24(13-10-19)39(36,37)38/h1-14,17-18,26-27,29,33-34H,15-16H2,(H2,36,37,38)/t26-,27+,29-/m1/s1. The summed E-state index contributed by atoms with van der Waals surface area (Å²) >= 11 is 0.